The van der Waals surface area contributed by atoms with Crippen LogP contribution in [0.1, 0.15) is 32.3 Å². The second-order valence-electron chi connectivity index (χ2n) is 6.37. The first kappa shape index (κ1) is 15.8. The van der Waals surface area contributed by atoms with Gasteiger partial charge in [0.05, 0.1) is 0 Å². The van der Waals surface area contributed by atoms with E-state index in [0.717, 1.165) is 25.9 Å². The molecule has 0 radical (unpaired) electrons. The molecule has 2 N–H and O–H groups in total. The Labute approximate surface area is 127 Å². The quantitative estimate of drug-likeness (QED) is 0.845. The smallest absolute Gasteiger partial charge is 0.323 e. The number of likely N-dealkylation sites (N-methyl/N-ethyl adjacent to an activating group) is 1. The van der Waals surface area contributed by atoms with Crippen molar-refractivity contribution in [3.05, 3.63) is 29.8 Å². The molecule has 2 atom stereocenters. The van der Waals surface area contributed by atoms with Crippen LogP contribution in [0.15, 0.2) is 24.3 Å². The average Bonchev–Trinajstić information content (AvgIpc) is 2.46. The van der Waals surface area contributed by atoms with Crippen LogP contribution in [-0.4, -0.2) is 36.8 Å². The van der Waals surface area contributed by atoms with Gasteiger partial charge < -0.3 is 15.3 Å². The number of para-hydroxylation sites is 1. The number of carboxylic acids is 1. The van der Waals surface area contributed by atoms with E-state index in [-0.39, 0.29) is 0 Å². The van der Waals surface area contributed by atoms with E-state index in [1.165, 1.54) is 11.3 Å². The lowest BCUT2D eigenvalue weighted by molar-refractivity contribution is -0.144. The lowest BCUT2D eigenvalue weighted by Gasteiger charge is -2.35. The minimum atomic E-state index is -0.832. The summed E-state index contributed by atoms with van der Waals surface area (Å²) in [5, 5.41) is 12.2. The maximum Gasteiger partial charge on any atom is 0.323 e. The Balaban J connectivity index is 1.99. The highest BCUT2D eigenvalue weighted by Gasteiger charge is 2.31. The minimum absolute atomic E-state index is 0.631. The van der Waals surface area contributed by atoms with Gasteiger partial charge in [0, 0.05) is 18.8 Å². The molecular weight excluding hydrogens is 264 g/mol. The molecule has 0 saturated carbocycles. The molecule has 2 rings (SSSR count). The van der Waals surface area contributed by atoms with Gasteiger partial charge in [0.25, 0.3) is 0 Å². The van der Waals surface area contributed by atoms with E-state index in [1.54, 1.807) is 14.0 Å². The first-order valence-electron chi connectivity index (χ1n) is 7.71. The molecule has 0 saturated heterocycles. The molecular formula is C17H26N2O2. The highest BCUT2D eigenvalue weighted by molar-refractivity contribution is 5.78. The summed E-state index contributed by atoms with van der Waals surface area (Å²) >= 11 is 0. The number of carboxylic acid groups (broad SMARTS) is 1. The van der Waals surface area contributed by atoms with Crippen LogP contribution in [0.4, 0.5) is 5.69 Å². The van der Waals surface area contributed by atoms with Crippen molar-refractivity contribution < 1.29 is 9.90 Å². The van der Waals surface area contributed by atoms with Gasteiger partial charge in [-0.2, -0.15) is 0 Å². The van der Waals surface area contributed by atoms with Crippen molar-refractivity contribution in [2.45, 2.75) is 38.6 Å². The van der Waals surface area contributed by atoms with Crippen molar-refractivity contribution in [3.8, 4) is 0 Å². The zero-order chi connectivity index (χ0) is 15.5. The van der Waals surface area contributed by atoms with Gasteiger partial charge in [0.15, 0.2) is 0 Å². The molecule has 0 aromatic heterocycles. The van der Waals surface area contributed by atoms with E-state index < -0.39 is 11.5 Å². The van der Waals surface area contributed by atoms with Crippen LogP contribution in [0.5, 0.6) is 0 Å². The normalized spacial score (nSPS) is 20.7. The number of carbonyl (C=O) groups is 1. The zero-order valence-corrected chi connectivity index (χ0v) is 13.2. The zero-order valence-electron chi connectivity index (χ0n) is 13.2. The molecule has 1 aliphatic rings. The van der Waals surface area contributed by atoms with E-state index in [1.807, 2.05) is 0 Å². The molecule has 0 amide bonds. The molecule has 1 heterocycles. The average molecular weight is 290 g/mol. The number of nitrogens with zero attached hydrogens (tertiary/aromatic N) is 1. The molecule has 0 aliphatic carbocycles. The third-order valence-electron chi connectivity index (χ3n) is 4.56. The first-order valence-corrected chi connectivity index (χ1v) is 7.71. The maximum atomic E-state index is 11.3. The van der Waals surface area contributed by atoms with Crippen molar-refractivity contribution in [2.24, 2.45) is 5.92 Å². The minimum Gasteiger partial charge on any atom is -0.480 e. The van der Waals surface area contributed by atoms with Crippen molar-refractivity contribution in [3.63, 3.8) is 0 Å². The van der Waals surface area contributed by atoms with E-state index >= 15 is 0 Å². The summed E-state index contributed by atoms with van der Waals surface area (Å²) in [6, 6.07) is 8.55. The fourth-order valence-electron chi connectivity index (χ4n) is 3.08. The van der Waals surface area contributed by atoms with Crippen molar-refractivity contribution in [1.82, 2.24) is 5.32 Å². The van der Waals surface area contributed by atoms with E-state index in [4.69, 9.17) is 0 Å². The summed E-state index contributed by atoms with van der Waals surface area (Å²) in [5.41, 5.74) is 1.89. The lowest BCUT2D eigenvalue weighted by atomic mass is 9.92. The van der Waals surface area contributed by atoms with E-state index in [9.17, 15) is 9.90 Å². The summed E-state index contributed by atoms with van der Waals surface area (Å²) in [6.07, 6.45) is 2.63. The van der Waals surface area contributed by atoms with Crippen LogP contribution < -0.4 is 10.2 Å². The monoisotopic (exact) mass is 290 g/mol. The fourth-order valence-corrected chi connectivity index (χ4v) is 3.08. The number of fused-ring (bicyclic) bond motifs is 1. The molecule has 1 aromatic carbocycles. The van der Waals surface area contributed by atoms with E-state index in [2.05, 4.69) is 41.4 Å². The van der Waals surface area contributed by atoms with E-state index in [0.29, 0.717) is 12.3 Å². The van der Waals surface area contributed by atoms with Crippen LogP contribution in [0.3, 0.4) is 0 Å². The number of hydrogen-bond donors (Lipinski definition) is 2. The van der Waals surface area contributed by atoms with Gasteiger partial charge in [-0.05, 0) is 50.8 Å². The molecule has 1 aromatic rings. The van der Waals surface area contributed by atoms with Crippen molar-refractivity contribution >= 4 is 11.7 Å². The summed E-state index contributed by atoms with van der Waals surface area (Å²) in [6.45, 7) is 5.99. The Morgan fingerprint density at radius 2 is 2.19 bits per heavy atom. The SMILES string of the molecule is CNC(C)(CCCN1CC(C)Cc2ccccc21)C(=O)O. The maximum absolute atomic E-state index is 11.3. The molecule has 4 heteroatoms. The predicted octanol–water partition coefficient (Wildman–Crippen LogP) is 2.53. The number of hydrogen-bond acceptors (Lipinski definition) is 3. The summed E-state index contributed by atoms with van der Waals surface area (Å²) in [5.74, 6) is -0.132. The highest BCUT2D eigenvalue weighted by Crippen LogP contribution is 2.29. The van der Waals surface area contributed by atoms with Crippen LogP contribution in [0.2, 0.25) is 0 Å². The van der Waals surface area contributed by atoms with Gasteiger partial charge in [-0.3, -0.25) is 4.79 Å². The Hall–Kier alpha value is -1.55. The van der Waals surface area contributed by atoms with Gasteiger partial charge >= 0.3 is 5.97 Å². The topological polar surface area (TPSA) is 52.6 Å². The van der Waals surface area contributed by atoms with Gasteiger partial charge in [0.2, 0.25) is 0 Å². The third-order valence-corrected chi connectivity index (χ3v) is 4.56. The predicted molar refractivity (Wildman–Crippen MR) is 85.9 cm³/mol. The van der Waals surface area contributed by atoms with Crippen LogP contribution in [0.25, 0.3) is 0 Å². The second kappa shape index (κ2) is 6.48. The van der Waals surface area contributed by atoms with Crippen LogP contribution >= 0.6 is 0 Å². The number of benzene rings is 1. The van der Waals surface area contributed by atoms with Crippen LogP contribution in [0, 0.1) is 5.92 Å². The van der Waals surface area contributed by atoms with Gasteiger partial charge in [-0.25, -0.2) is 0 Å². The Morgan fingerprint density at radius 3 is 2.86 bits per heavy atom. The molecule has 1 aliphatic heterocycles. The van der Waals surface area contributed by atoms with Crippen molar-refractivity contribution in [2.75, 3.05) is 25.0 Å². The molecule has 0 bridgehead atoms. The Kier molecular flexibility index (Phi) is 4.88. The third kappa shape index (κ3) is 3.56. The standard InChI is InChI=1S/C17H26N2O2/c1-13-11-14-7-4-5-8-15(14)19(12-13)10-6-9-17(2,18-3)16(20)21/h4-5,7-8,13,18H,6,9-12H2,1-3H3,(H,20,21). The Morgan fingerprint density at radius 1 is 1.48 bits per heavy atom. The van der Waals surface area contributed by atoms with Crippen molar-refractivity contribution in [1.29, 1.82) is 0 Å². The van der Waals surface area contributed by atoms with Gasteiger partial charge in [-0.1, -0.05) is 25.1 Å². The molecule has 0 fully saturated rings. The molecule has 116 valence electrons. The first-order chi connectivity index (χ1) is 9.96. The molecule has 21 heavy (non-hydrogen) atoms. The summed E-state index contributed by atoms with van der Waals surface area (Å²) < 4.78 is 0. The Bertz CT molecular complexity index is 503. The number of aliphatic carboxylic acids is 1. The molecule has 0 spiro atoms. The largest absolute Gasteiger partial charge is 0.480 e. The molecule has 4 nitrogen and oxygen atoms in total. The van der Waals surface area contributed by atoms with Crippen LogP contribution in [-0.2, 0) is 11.2 Å². The number of anilines is 1. The van der Waals surface area contributed by atoms with Gasteiger partial charge in [0.1, 0.15) is 5.54 Å². The lowest BCUT2D eigenvalue weighted by Crippen LogP contribution is -2.48. The number of nitrogens with one attached hydrogen (secondary N) is 1. The molecule has 2 unspecified atom stereocenters. The second-order valence-corrected chi connectivity index (χ2v) is 6.37. The highest BCUT2D eigenvalue weighted by atomic mass is 16.4. The number of rotatable bonds is 6. The summed E-state index contributed by atoms with van der Waals surface area (Å²) in [4.78, 5) is 13.7. The fraction of sp³-hybridized carbons (Fsp3) is 0.588. The van der Waals surface area contributed by atoms with Gasteiger partial charge in [-0.15, -0.1) is 0 Å². The summed E-state index contributed by atoms with van der Waals surface area (Å²) in [7, 11) is 1.71.